The molecule has 0 aliphatic rings. The molecule has 0 rings (SSSR count). The Morgan fingerprint density at radius 1 is 1.21 bits per heavy atom. The van der Waals surface area contributed by atoms with Gasteiger partial charge in [0, 0.05) is 12.0 Å². The van der Waals surface area contributed by atoms with E-state index in [2.05, 4.69) is 0 Å². The number of carboxylic acids is 2. The predicted molar refractivity (Wildman–Crippen MR) is 47.9 cm³/mol. The third-order valence-electron chi connectivity index (χ3n) is 1.50. The van der Waals surface area contributed by atoms with Crippen LogP contribution in [0.4, 0.5) is 0 Å². The first kappa shape index (κ1) is 12.3. The molecule has 0 aromatic rings. The first-order valence-electron chi connectivity index (χ1n) is 4.07. The summed E-state index contributed by atoms with van der Waals surface area (Å²) in [4.78, 5) is 31.3. The molecule has 0 unspecified atom stereocenters. The fraction of sp³-hybridized carbons (Fsp3) is 0.444. The van der Waals surface area contributed by atoms with Crippen molar-refractivity contribution in [3.8, 4) is 0 Å². The van der Waals surface area contributed by atoms with E-state index in [1.807, 2.05) is 0 Å². The van der Waals surface area contributed by atoms with Gasteiger partial charge in [0.05, 0.1) is 6.42 Å². The molecule has 0 saturated carbocycles. The molecule has 0 bridgehead atoms. The normalized spacial score (nSPS) is 11.1. The molecule has 0 fully saturated rings. The van der Waals surface area contributed by atoms with Gasteiger partial charge in [0.15, 0.2) is 0 Å². The van der Waals surface area contributed by atoms with Crippen molar-refractivity contribution in [1.29, 1.82) is 0 Å². The highest BCUT2D eigenvalue weighted by atomic mass is 16.4. The second-order valence-electron chi connectivity index (χ2n) is 2.85. The van der Waals surface area contributed by atoms with Crippen LogP contribution in [0.1, 0.15) is 26.2 Å². The Morgan fingerprint density at radius 3 is 2.14 bits per heavy atom. The van der Waals surface area contributed by atoms with Crippen LogP contribution in [-0.2, 0) is 14.4 Å². The largest absolute Gasteiger partial charge is 0.481 e. The predicted octanol–water partition coefficient (Wildman–Crippen LogP) is 0.841. The Labute approximate surface area is 81.0 Å². The van der Waals surface area contributed by atoms with Gasteiger partial charge in [-0.2, -0.15) is 0 Å². The van der Waals surface area contributed by atoms with Gasteiger partial charge in [0.2, 0.25) is 0 Å². The Kier molecular flexibility index (Phi) is 5.21. The first-order chi connectivity index (χ1) is 6.43. The zero-order chi connectivity index (χ0) is 11.1. The van der Waals surface area contributed by atoms with Crippen molar-refractivity contribution in [2.45, 2.75) is 26.2 Å². The van der Waals surface area contributed by atoms with Crippen LogP contribution in [0.25, 0.3) is 0 Å². The van der Waals surface area contributed by atoms with Gasteiger partial charge in [-0.25, -0.2) is 4.79 Å². The van der Waals surface area contributed by atoms with Gasteiger partial charge in [0.1, 0.15) is 5.78 Å². The molecule has 0 aromatic carbocycles. The molecule has 0 amide bonds. The minimum absolute atomic E-state index is 0.0543. The monoisotopic (exact) mass is 200 g/mol. The second-order valence-corrected chi connectivity index (χ2v) is 2.85. The Morgan fingerprint density at radius 2 is 1.79 bits per heavy atom. The maximum atomic E-state index is 10.5. The molecular weight excluding hydrogens is 188 g/mol. The van der Waals surface area contributed by atoms with Crippen molar-refractivity contribution >= 4 is 17.7 Å². The van der Waals surface area contributed by atoms with Crippen molar-refractivity contribution in [1.82, 2.24) is 0 Å². The zero-order valence-electron chi connectivity index (χ0n) is 7.82. The Balaban J connectivity index is 4.26. The number of carboxylic acid groups (broad SMARTS) is 2. The molecular formula is C9H12O5. The summed E-state index contributed by atoms with van der Waals surface area (Å²) in [6.07, 6.45) is 1.26. The van der Waals surface area contributed by atoms with Crippen LogP contribution in [0, 0.1) is 0 Å². The summed E-state index contributed by atoms with van der Waals surface area (Å²) in [7, 11) is 0. The Hall–Kier alpha value is -1.65. The van der Waals surface area contributed by atoms with E-state index in [0.29, 0.717) is 0 Å². The maximum Gasteiger partial charge on any atom is 0.331 e. The van der Waals surface area contributed by atoms with E-state index in [1.54, 1.807) is 0 Å². The molecule has 0 spiro atoms. The number of carbonyl (C=O) groups excluding carboxylic acids is 1. The lowest BCUT2D eigenvalue weighted by atomic mass is 10.1. The molecule has 0 heterocycles. The molecule has 0 radical (unpaired) electrons. The Bertz CT molecular complexity index is 277. The number of Topliss-reactive ketones (excluding diaryl/α,β-unsaturated/α-hetero) is 1. The van der Waals surface area contributed by atoms with Crippen molar-refractivity contribution in [3.63, 3.8) is 0 Å². The zero-order valence-corrected chi connectivity index (χ0v) is 7.82. The summed E-state index contributed by atoms with van der Waals surface area (Å²) >= 11 is 0. The van der Waals surface area contributed by atoms with Gasteiger partial charge in [-0.15, -0.1) is 0 Å². The lowest BCUT2D eigenvalue weighted by molar-refractivity contribution is -0.139. The summed E-state index contributed by atoms with van der Waals surface area (Å²) in [5.41, 5.74) is -0.182. The lowest BCUT2D eigenvalue weighted by Crippen LogP contribution is -2.06. The van der Waals surface area contributed by atoms with Crippen LogP contribution in [0.2, 0.25) is 0 Å². The molecule has 5 nitrogen and oxygen atoms in total. The quantitative estimate of drug-likeness (QED) is 0.620. The van der Waals surface area contributed by atoms with E-state index < -0.39 is 18.4 Å². The minimum atomic E-state index is -1.25. The van der Waals surface area contributed by atoms with Crippen molar-refractivity contribution in [2.75, 3.05) is 0 Å². The molecule has 0 aliphatic carbocycles. The first-order valence-corrected chi connectivity index (χ1v) is 4.07. The van der Waals surface area contributed by atoms with Crippen LogP contribution < -0.4 is 0 Å². The van der Waals surface area contributed by atoms with E-state index in [0.717, 1.165) is 0 Å². The van der Waals surface area contributed by atoms with E-state index in [9.17, 15) is 14.4 Å². The summed E-state index contributed by atoms with van der Waals surface area (Å²) < 4.78 is 0. The molecule has 0 aromatic heterocycles. The standard InChI is InChI=1S/C9H12O5/c1-6(10)3-2-4-7(9(13)14)5-8(11)12/h4H,2-3,5H2,1H3,(H,11,12)(H,13,14)/b7-4-. The molecule has 5 heteroatoms. The third-order valence-corrected chi connectivity index (χ3v) is 1.50. The number of hydrogen-bond donors (Lipinski definition) is 2. The van der Waals surface area contributed by atoms with Gasteiger partial charge < -0.3 is 15.0 Å². The fourth-order valence-corrected chi connectivity index (χ4v) is 0.848. The maximum absolute atomic E-state index is 10.5. The third kappa shape index (κ3) is 5.93. The highest BCUT2D eigenvalue weighted by Crippen LogP contribution is 2.05. The summed E-state index contributed by atoms with van der Waals surface area (Å²) in [5, 5.41) is 16.9. The molecule has 0 atom stereocenters. The average Bonchev–Trinajstić information content (AvgIpc) is 2.00. The number of hydrogen-bond acceptors (Lipinski definition) is 3. The fourth-order valence-electron chi connectivity index (χ4n) is 0.848. The topological polar surface area (TPSA) is 91.7 Å². The smallest absolute Gasteiger partial charge is 0.331 e. The highest BCUT2D eigenvalue weighted by Gasteiger charge is 2.10. The van der Waals surface area contributed by atoms with Crippen molar-refractivity contribution in [2.24, 2.45) is 0 Å². The van der Waals surface area contributed by atoms with Gasteiger partial charge in [-0.05, 0) is 13.3 Å². The number of allylic oxidation sites excluding steroid dienone is 1. The highest BCUT2D eigenvalue weighted by molar-refractivity contribution is 5.92. The summed E-state index contributed by atoms with van der Waals surface area (Å²) in [5.74, 6) is -2.50. The van der Waals surface area contributed by atoms with Gasteiger partial charge in [-0.1, -0.05) is 6.08 Å². The van der Waals surface area contributed by atoms with Gasteiger partial charge in [-0.3, -0.25) is 4.79 Å². The molecule has 0 aliphatic heterocycles. The van der Waals surface area contributed by atoms with Crippen LogP contribution in [0.15, 0.2) is 11.6 Å². The molecule has 0 saturated heterocycles. The van der Waals surface area contributed by atoms with E-state index >= 15 is 0 Å². The lowest BCUT2D eigenvalue weighted by Gasteiger charge is -1.97. The van der Waals surface area contributed by atoms with Crippen molar-refractivity contribution < 1.29 is 24.6 Å². The number of carbonyl (C=O) groups is 3. The molecule has 14 heavy (non-hydrogen) atoms. The van der Waals surface area contributed by atoms with E-state index in [-0.39, 0.29) is 24.2 Å². The number of aliphatic carboxylic acids is 2. The number of ketones is 1. The summed E-state index contributed by atoms with van der Waals surface area (Å²) in [6.45, 7) is 1.39. The van der Waals surface area contributed by atoms with Crippen LogP contribution in [-0.4, -0.2) is 27.9 Å². The van der Waals surface area contributed by atoms with Crippen LogP contribution >= 0.6 is 0 Å². The van der Waals surface area contributed by atoms with Crippen LogP contribution in [0.5, 0.6) is 0 Å². The summed E-state index contributed by atoms with van der Waals surface area (Å²) in [6, 6.07) is 0. The molecule has 2 N–H and O–H groups in total. The van der Waals surface area contributed by atoms with Gasteiger partial charge >= 0.3 is 11.9 Å². The number of rotatable bonds is 6. The average molecular weight is 200 g/mol. The molecule has 78 valence electrons. The van der Waals surface area contributed by atoms with Crippen LogP contribution in [0.3, 0.4) is 0 Å². The SMILES string of the molecule is CC(=O)CC/C=C(/CC(=O)O)C(=O)O. The van der Waals surface area contributed by atoms with Gasteiger partial charge in [0.25, 0.3) is 0 Å². The van der Waals surface area contributed by atoms with E-state index in [4.69, 9.17) is 10.2 Å². The van der Waals surface area contributed by atoms with Crippen molar-refractivity contribution in [3.05, 3.63) is 11.6 Å². The minimum Gasteiger partial charge on any atom is -0.481 e. The second kappa shape index (κ2) is 5.90. The van der Waals surface area contributed by atoms with E-state index in [1.165, 1.54) is 13.0 Å².